The molecule has 1 aliphatic rings. The van der Waals surface area contributed by atoms with E-state index in [1.807, 2.05) is 62.4 Å². The Labute approximate surface area is 140 Å². The van der Waals surface area contributed by atoms with Crippen LogP contribution < -0.4 is 0 Å². The first-order valence-corrected chi connectivity index (χ1v) is 7.99. The lowest BCUT2D eigenvalue weighted by molar-refractivity contribution is -0.164. The molecule has 2 aromatic rings. The van der Waals surface area contributed by atoms with Gasteiger partial charge in [-0.3, -0.25) is 9.59 Å². The summed E-state index contributed by atoms with van der Waals surface area (Å²) < 4.78 is 0. The number of hydrogen-bond acceptors (Lipinski definition) is 2. The van der Waals surface area contributed by atoms with Crippen molar-refractivity contribution in [3.8, 4) is 0 Å². The minimum atomic E-state index is -1.04. The second-order valence-corrected chi connectivity index (χ2v) is 6.61. The number of aryl methyl sites for hydroxylation is 2. The van der Waals surface area contributed by atoms with E-state index in [0.717, 1.165) is 22.3 Å². The first-order valence-electron chi connectivity index (χ1n) is 7.99. The van der Waals surface area contributed by atoms with Gasteiger partial charge < -0.3 is 10.2 Å². The normalized spacial score (nSPS) is 25.8. The standard InChI is InChI=1S/C20H20O4/c1-11-5-3-7-13(9-11)15-16(14-8-4-6-12(2)10-14)18(20(23)24)17(15)19(21)22/h3-10,15-18H,1-2H3,(H,21,22)(H,23,24)/t15-,16+,17+,18-. The zero-order chi connectivity index (χ0) is 17.4. The zero-order valence-electron chi connectivity index (χ0n) is 13.6. The van der Waals surface area contributed by atoms with Gasteiger partial charge in [-0.05, 0) is 25.0 Å². The number of aliphatic carboxylic acids is 2. The first-order chi connectivity index (χ1) is 11.4. The predicted octanol–water partition coefficient (Wildman–Crippen LogP) is 3.59. The molecule has 1 aliphatic carbocycles. The highest BCUT2D eigenvalue weighted by Gasteiger charge is 2.58. The van der Waals surface area contributed by atoms with E-state index in [1.54, 1.807) is 0 Å². The zero-order valence-corrected chi connectivity index (χ0v) is 13.6. The maximum absolute atomic E-state index is 11.7. The van der Waals surface area contributed by atoms with Crippen molar-refractivity contribution in [3.63, 3.8) is 0 Å². The second-order valence-electron chi connectivity index (χ2n) is 6.61. The molecule has 0 aromatic heterocycles. The Hall–Kier alpha value is -2.62. The Kier molecular flexibility index (Phi) is 4.14. The van der Waals surface area contributed by atoms with Crippen molar-refractivity contribution in [2.24, 2.45) is 11.8 Å². The molecule has 0 radical (unpaired) electrons. The van der Waals surface area contributed by atoms with Crippen molar-refractivity contribution in [2.75, 3.05) is 0 Å². The quantitative estimate of drug-likeness (QED) is 0.901. The van der Waals surface area contributed by atoms with Gasteiger partial charge in [-0.1, -0.05) is 59.7 Å². The molecule has 0 aliphatic heterocycles. The first kappa shape index (κ1) is 16.2. The summed E-state index contributed by atoms with van der Waals surface area (Å²) in [6.45, 7) is 3.91. The van der Waals surface area contributed by atoms with Crippen LogP contribution in [0.5, 0.6) is 0 Å². The van der Waals surface area contributed by atoms with Crippen LogP contribution in [-0.4, -0.2) is 22.2 Å². The molecule has 24 heavy (non-hydrogen) atoms. The monoisotopic (exact) mass is 324 g/mol. The van der Waals surface area contributed by atoms with Crippen LogP contribution in [0.3, 0.4) is 0 Å². The molecule has 4 atom stereocenters. The van der Waals surface area contributed by atoms with Crippen molar-refractivity contribution in [3.05, 3.63) is 70.8 Å². The van der Waals surface area contributed by atoms with Gasteiger partial charge in [0, 0.05) is 11.8 Å². The van der Waals surface area contributed by atoms with Gasteiger partial charge in [0.05, 0.1) is 11.8 Å². The number of hydrogen-bond donors (Lipinski definition) is 2. The largest absolute Gasteiger partial charge is 0.481 e. The Balaban J connectivity index is 2.10. The van der Waals surface area contributed by atoms with E-state index in [9.17, 15) is 19.8 Å². The van der Waals surface area contributed by atoms with Crippen LogP contribution >= 0.6 is 0 Å². The Morgan fingerprint density at radius 3 is 1.42 bits per heavy atom. The molecular weight excluding hydrogens is 304 g/mol. The molecule has 124 valence electrons. The van der Waals surface area contributed by atoms with Crippen molar-refractivity contribution >= 4 is 11.9 Å². The molecule has 1 saturated carbocycles. The summed E-state index contributed by atoms with van der Waals surface area (Å²) in [4.78, 5) is 23.5. The lowest BCUT2D eigenvalue weighted by atomic mass is 9.52. The summed E-state index contributed by atoms with van der Waals surface area (Å²) in [5, 5.41) is 19.2. The predicted molar refractivity (Wildman–Crippen MR) is 90.1 cm³/mol. The molecule has 4 heteroatoms. The van der Waals surface area contributed by atoms with Gasteiger partial charge in [0.25, 0.3) is 0 Å². The number of rotatable bonds is 4. The molecule has 0 unspecified atom stereocenters. The molecule has 0 saturated heterocycles. The summed E-state index contributed by atoms with van der Waals surface area (Å²) in [5.74, 6) is -4.56. The summed E-state index contributed by atoms with van der Waals surface area (Å²) in [6.07, 6.45) is 0. The van der Waals surface area contributed by atoms with Gasteiger partial charge in [-0.15, -0.1) is 0 Å². The molecule has 0 spiro atoms. The number of carbonyl (C=O) groups is 2. The molecule has 1 fully saturated rings. The van der Waals surface area contributed by atoms with Crippen molar-refractivity contribution in [2.45, 2.75) is 25.7 Å². The van der Waals surface area contributed by atoms with Crippen molar-refractivity contribution < 1.29 is 19.8 Å². The van der Waals surface area contributed by atoms with Gasteiger partial charge in [0.2, 0.25) is 0 Å². The van der Waals surface area contributed by atoms with E-state index < -0.39 is 23.8 Å². The fraction of sp³-hybridized carbons (Fsp3) is 0.300. The van der Waals surface area contributed by atoms with E-state index >= 15 is 0 Å². The third-order valence-corrected chi connectivity index (χ3v) is 4.97. The molecule has 0 heterocycles. The Morgan fingerprint density at radius 2 is 1.12 bits per heavy atom. The van der Waals surface area contributed by atoms with E-state index in [2.05, 4.69) is 0 Å². The highest BCUT2D eigenvalue weighted by Crippen LogP contribution is 2.58. The minimum absolute atomic E-state index is 0.328. The lowest BCUT2D eigenvalue weighted by Crippen LogP contribution is -2.51. The topological polar surface area (TPSA) is 74.6 Å². The van der Waals surface area contributed by atoms with Gasteiger partial charge in [0.15, 0.2) is 0 Å². The molecule has 0 bridgehead atoms. The number of benzene rings is 2. The third kappa shape index (κ3) is 2.68. The van der Waals surface area contributed by atoms with Gasteiger partial charge >= 0.3 is 11.9 Å². The maximum atomic E-state index is 11.7. The van der Waals surface area contributed by atoms with Gasteiger partial charge in [-0.2, -0.15) is 0 Å². The van der Waals surface area contributed by atoms with E-state index in [1.165, 1.54) is 0 Å². The van der Waals surface area contributed by atoms with Crippen LogP contribution in [0.2, 0.25) is 0 Å². The molecule has 3 rings (SSSR count). The van der Waals surface area contributed by atoms with Crippen molar-refractivity contribution in [1.29, 1.82) is 0 Å². The highest BCUT2D eigenvalue weighted by molar-refractivity contribution is 5.85. The average Bonchev–Trinajstić information content (AvgIpc) is 2.45. The van der Waals surface area contributed by atoms with E-state index in [-0.39, 0.29) is 11.8 Å². The van der Waals surface area contributed by atoms with E-state index in [0.29, 0.717) is 0 Å². The van der Waals surface area contributed by atoms with Crippen LogP contribution in [0.1, 0.15) is 34.1 Å². The fourth-order valence-corrected chi connectivity index (χ4v) is 3.95. The van der Waals surface area contributed by atoms with Crippen LogP contribution in [0, 0.1) is 25.7 Å². The van der Waals surface area contributed by atoms with Crippen LogP contribution in [0.4, 0.5) is 0 Å². The minimum Gasteiger partial charge on any atom is -0.481 e. The van der Waals surface area contributed by atoms with Crippen molar-refractivity contribution in [1.82, 2.24) is 0 Å². The summed E-state index contributed by atoms with van der Waals surface area (Å²) in [6, 6.07) is 15.4. The number of carboxylic acids is 2. The summed E-state index contributed by atoms with van der Waals surface area (Å²) in [7, 11) is 0. The van der Waals surface area contributed by atoms with Crippen LogP contribution in [0.25, 0.3) is 0 Å². The van der Waals surface area contributed by atoms with Gasteiger partial charge in [0.1, 0.15) is 0 Å². The van der Waals surface area contributed by atoms with Crippen LogP contribution in [-0.2, 0) is 9.59 Å². The van der Waals surface area contributed by atoms with E-state index in [4.69, 9.17) is 0 Å². The highest BCUT2D eigenvalue weighted by atomic mass is 16.4. The molecular formula is C20H20O4. The molecule has 4 nitrogen and oxygen atoms in total. The molecule has 0 amide bonds. The van der Waals surface area contributed by atoms with Crippen LogP contribution in [0.15, 0.2) is 48.5 Å². The number of carboxylic acid groups (broad SMARTS) is 2. The summed E-state index contributed by atoms with van der Waals surface area (Å²) >= 11 is 0. The smallest absolute Gasteiger partial charge is 0.308 e. The lowest BCUT2D eigenvalue weighted by Gasteiger charge is -2.48. The van der Waals surface area contributed by atoms with Gasteiger partial charge in [-0.25, -0.2) is 0 Å². The SMILES string of the molecule is Cc1cccc([C@@H]2[C@@H](C(=O)O)[C@@H](C(=O)O)[C@@H]2c2cccc(C)c2)c1. The third-order valence-electron chi connectivity index (χ3n) is 4.97. The fourth-order valence-electron chi connectivity index (χ4n) is 3.95. The Bertz CT molecular complexity index is 728. The maximum Gasteiger partial charge on any atom is 0.308 e. The molecule has 2 aromatic carbocycles. The summed E-state index contributed by atoms with van der Waals surface area (Å²) in [5.41, 5.74) is 3.87. The average molecular weight is 324 g/mol. The second kappa shape index (κ2) is 6.11. The Morgan fingerprint density at radius 1 is 0.750 bits per heavy atom. The molecule has 2 N–H and O–H groups in total.